The zero-order chi connectivity index (χ0) is 16.9. The molecule has 0 spiro atoms. The smallest absolute Gasteiger partial charge is 0.269 e. The van der Waals surface area contributed by atoms with Gasteiger partial charge in [-0.15, -0.1) is 0 Å². The predicted octanol–water partition coefficient (Wildman–Crippen LogP) is 2.72. The molecule has 0 aliphatic rings. The topological polar surface area (TPSA) is 79.9 Å². The first kappa shape index (κ1) is 15.7. The molecule has 0 fully saturated rings. The van der Waals surface area contributed by atoms with E-state index in [0.29, 0.717) is 18.1 Å². The van der Waals surface area contributed by atoms with E-state index >= 15 is 0 Å². The third-order valence-electron chi connectivity index (χ3n) is 3.63. The molecule has 2 N–H and O–H groups in total. The number of H-pyrrole nitrogens is 1. The molecule has 2 aromatic heterocycles. The summed E-state index contributed by atoms with van der Waals surface area (Å²) in [6, 6.07) is 13.4. The molecular weight excluding hydrogens is 304 g/mol. The molecule has 6 heteroatoms. The van der Waals surface area contributed by atoms with E-state index in [1.54, 1.807) is 25.4 Å². The molecule has 1 amide bonds. The van der Waals surface area contributed by atoms with Crippen molar-refractivity contribution in [3.63, 3.8) is 0 Å². The number of nitrogens with zero attached hydrogens (tertiary/aromatic N) is 2. The number of pyridine rings is 1. The number of hydrogen-bond donors (Lipinski definition) is 2. The van der Waals surface area contributed by atoms with Gasteiger partial charge in [-0.05, 0) is 18.6 Å². The lowest BCUT2D eigenvalue weighted by atomic mass is 10.1. The molecule has 0 bridgehead atoms. The number of benzene rings is 1. The summed E-state index contributed by atoms with van der Waals surface area (Å²) in [5.74, 6) is 0.332. The summed E-state index contributed by atoms with van der Waals surface area (Å²) in [7, 11) is 1.56. The standard InChI is InChI=1S/C18H18N4O2/c1-12-3-6-14(7-4-12)15-9-16(22-21-15)18(23)20-11-13-5-8-17(24-2)19-10-13/h3-10H,11H2,1-2H3,(H,20,23)(H,21,22). The number of carbonyl (C=O) groups excluding carboxylic acids is 1. The van der Waals surface area contributed by atoms with E-state index in [-0.39, 0.29) is 5.91 Å². The van der Waals surface area contributed by atoms with Crippen molar-refractivity contribution in [2.75, 3.05) is 7.11 Å². The van der Waals surface area contributed by atoms with E-state index in [4.69, 9.17) is 4.74 Å². The number of aromatic nitrogens is 3. The number of methoxy groups -OCH3 is 1. The first-order valence-electron chi connectivity index (χ1n) is 7.55. The second-order valence-electron chi connectivity index (χ2n) is 5.42. The first-order chi connectivity index (χ1) is 11.7. The summed E-state index contributed by atoms with van der Waals surface area (Å²) in [6.07, 6.45) is 1.67. The highest BCUT2D eigenvalue weighted by atomic mass is 16.5. The highest BCUT2D eigenvalue weighted by Gasteiger charge is 2.11. The highest BCUT2D eigenvalue weighted by Crippen LogP contribution is 2.18. The Morgan fingerprint density at radius 2 is 2.00 bits per heavy atom. The fraction of sp³-hybridized carbons (Fsp3) is 0.167. The molecule has 0 saturated carbocycles. The molecule has 1 aromatic carbocycles. The summed E-state index contributed by atoms with van der Waals surface area (Å²) in [4.78, 5) is 16.3. The van der Waals surface area contributed by atoms with Gasteiger partial charge >= 0.3 is 0 Å². The first-order valence-corrected chi connectivity index (χ1v) is 7.55. The summed E-state index contributed by atoms with van der Waals surface area (Å²) in [6.45, 7) is 2.41. The van der Waals surface area contributed by atoms with Gasteiger partial charge in [0.05, 0.1) is 12.8 Å². The van der Waals surface area contributed by atoms with Crippen molar-refractivity contribution in [3.8, 4) is 17.1 Å². The number of rotatable bonds is 5. The van der Waals surface area contributed by atoms with Gasteiger partial charge in [-0.3, -0.25) is 9.89 Å². The molecule has 0 radical (unpaired) electrons. The molecule has 0 atom stereocenters. The second-order valence-corrected chi connectivity index (χ2v) is 5.42. The third kappa shape index (κ3) is 3.60. The minimum Gasteiger partial charge on any atom is -0.481 e. The average Bonchev–Trinajstić information content (AvgIpc) is 3.11. The van der Waals surface area contributed by atoms with Gasteiger partial charge in [0.15, 0.2) is 0 Å². The fourth-order valence-electron chi connectivity index (χ4n) is 2.22. The van der Waals surface area contributed by atoms with E-state index in [9.17, 15) is 4.79 Å². The van der Waals surface area contributed by atoms with Crippen molar-refractivity contribution in [2.24, 2.45) is 0 Å². The van der Waals surface area contributed by atoms with Crippen LogP contribution in [0.2, 0.25) is 0 Å². The molecule has 3 rings (SSSR count). The van der Waals surface area contributed by atoms with Crippen LogP contribution < -0.4 is 10.1 Å². The lowest BCUT2D eigenvalue weighted by Crippen LogP contribution is -2.23. The number of aromatic amines is 1. The lowest BCUT2D eigenvalue weighted by molar-refractivity contribution is 0.0946. The van der Waals surface area contributed by atoms with Gasteiger partial charge in [-0.2, -0.15) is 5.10 Å². The fourth-order valence-corrected chi connectivity index (χ4v) is 2.22. The molecule has 0 unspecified atom stereocenters. The molecule has 24 heavy (non-hydrogen) atoms. The van der Waals surface area contributed by atoms with Gasteiger partial charge in [-0.1, -0.05) is 35.9 Å². The van der Waals surface area contributed by atoms with Crippen molar-refractivity contribution < 1.29 is 9.53 Å². The normalized spacial score (nSPS) is 10.4. The average molecular weight is 322 g/mol. The van der Waals surface area contributed by atoms with E-state index in [1.165, 1.54) is 5.56 Å². The number of hydrogen-bond acceptors (Lipinski definition) is 4. The van der Waals surface area contributed by atoms with Gasteiger partial charge in [0.25, 0.3) is 5.91 Å². The second kappa shape index (κ2) is 6.95. The van der Waals surface area contributed by atoms with Crippen LogP contribution in [0, 0.1) is 6.92 Å². The molecule has 2 heterocycles. The maximum Gasteiger partial charge on any atom is 0.269 e. The van der Waals surface area contributed by atoms with E-state index in [2.05, 4.69) is 20.5 Å². The van der Waals surface area contributed by atoms with Gasteiger partial charge in [0.2, 0.25) is 5.88 Å². The Bertz CT molecular complexity index is 823. The molecule has 0 aliphatic carbocycles. The van der Waals surface area contributed by atoms with Crippen molar-refractivity contribution in [1.29, 1.82) is 0 Å². The SMILES string of the molecule is COc1ccc(CNC(=O)c2cc(-c3ccc(C)cc3)n[nH]2)cn1. The zero-order valence-corrected chi connectivity index (χ0v) is 13.5. The number of carbonyl (C=O) groups is 1. The lowest BCUT2D eigenvalue weighted by Gasteiger charge is -2.04. The Morgan fingerprint density at radius 3 is 2.67 bits per heavy atom. The van der Waals surface area contributed by atoms with Crippen molar-refractivity contribution >= 4 is 5.91 Å². The van der Waals surface area contributed by atoms with E-state index in [1.807, 2.05) is 37.3 Å². The van der Waals surface area contributed by atoms with Crippen LogP contribution in [0.3, 0.4) is 0 Å². The van der Waals surface area contributed by atoms with Gasteiger partial charge in [-0.25, -0.2) is 4.98 Å². The molecule has 6 nitrogen and oxygen atoms in total. The zero-order valence-electron chi connectivity index (χ0n) is 13.5. The third-order valence-corrected chi connectivity index (χ3v) is 3.63. The molecule has 122 valence electrons. The highest BCUT2D eigenvalue weighted by molar-refractivity contribution is 5.93. The van der Waals surface area contributed by atoms with Crippen LogP contribution in [0.5, 0.6) is 5.88 Å². The largest absolute Gasteiger partial charge is 0.481 e. The number of ether oxygens (including phenoxy) is 1. The summed E-state index contributed by atoms with van der Waals surface area (Å²) in [5, 5.41) is 9.81. The minimum atomic E-state index is -0.211. The van der Waals surface area contributed by atoms with Crippen LogP contribution >= 0.6 is 0 Å². The maximum absolute atomic E-state index is 12.2. The number of amides is 1. The van der Waals surface area contributed by atoms with E-state index < -0.39 is 0 Å². The van der Waals surface area contributed by atoms with Crippen LogP contribution in [0.4, 0.5) is 0 Å². The van der Waals surface area contributed by atoms with Crippen LogP contribution in [0.25, 0.3) is 11.3 Å². The summed E-state index contributed by atoms with van der Waals surface area (Å²) in [5.41, 5.74) is 4.20. The van der Waals surface area contributed by atoms with Crippen molar-refractivity contribution in [1.82, 2.24) is 20.5 Å². The molecule has 0 aliphatic heterocycles. The quantitative estimate of drug-likeness (QED) is 0.757. The minimum absolute atomic E-state index is 0.211. The Kier molecular flexibility index (Phi) is 4.56. The summed E-state index contributed by atoms with van der Waals surface area (Å²) < 4.78 is 5.00. The van der Waals surface area contributed by atoms with Gasteiger partial charge < -0.3 is 10.1 Å². The Balaban J connectivity index is 1.64. The molecule has 3 aromatic rings. The van der Waals surface area contributed by atoms with Crippen LogP contribution in [-0.2, 0) is 6.54 Å². The molecular formula is C18H18N4O2. The summed E-state index contributed by atoms with van der Waals surface area (Å²) >= 11 is 0. The Hall–Kier alpha value is -3.15. The van der Waals surface area contributed by atoms with Crippen LogP contribution in [-0.4, -0.2) is 28.2 Å². The van der Waals surface area contributed by atoms with Crippen LogP contribution in [0.1, 0.15) is 21.6 Å². The van der Waals surface area contributed by atoms with Crippen molar-refractivity contribution in [2.45, 2.75) is 13.5 Å². The molecule has 0 saturated heterocycles. The monoisotopic (exact) mass is 322 g/mol. The van der Waals surface area contributed by atoms with Crippen LogP contribution in [0.15, 0.2) is 48.7 Å². The van der Waals surface area contributed by atoms with Gasteiger partial charge in [0.1, 0.15) is 5.69 Å². The van der Waals surface area contributed by atoms with Gasteiger partial charge in [0, 0.05) is 24.4 Å². The maximum atomic E-state index is 12.2. The number of nitrogens with one attached hydrogen (secondary N) is 2. The number of aryl methyl sites for hydroxylation is 1. The Labute approximate surface area is 139 Å². The van der Waals surface area contributed by atoms with E-state index in [0.717, 1.165) is 16.8 Å². The predicted molar refractivity (Wildman–Crippen MR) is 90.7 cm³/mol. The Morgan fingerprint density at radius 1 is 1.21 bits per heavy atom. The van der Waals surface area contributed by atoms with Crippen molar-refractivity contribution in [3.05, 3.63) is 65.5 Å².